The zero-order chi connectivity index (χ0) is 16.4. The van der Waals surface area contributed by atoms with Crippen LogP contribution in [0.15, 0.2) is 47.5 Å². The summed E-state index contributed by atoms with van der Waals surface area (Å²) in [5, 5.41) is 0.661. The quantitative estimate of drug-likeness (QED) is 0.785. The molecule has 1 amide bonds. The maximum Gasteiger partial charge on any atom is 0.277 e. The van der Waals surface area contributed by atoms with Crippen LogP contribution in [0.3, 0.4) is 0 Å². The Balaban J connectivity index is 2.03. The van der Waals surface area contributed by atoms with Crippen molar-refractivity contribution in [1.82, 2.24) is 0 Å². The lowest BCUT2D eigenvalue weighted by Crippen LogP contribution is -2.30. The molecule has 0 saturated carbocycles. The van der Waals surface area contributed by atoms with Crippen LogP contribution in [0.4, 0.5) is 11.4 Å². The van der Waals surface area contributed by atoms with E-state index in [0.29, 0.717) is 16.4 Å². The van der Waals surface area contributed by atoms with Gasteiger partial charge in [-0.15, -0.1) is 0 Å². The van der Waals surface area contributed by atoms with Gasteiger partial charge in [0.05, 0.1) is 11.4 Å². The molecule has 0 bridgehead atoms. The standard InChI is InChI=1S/C19H19ClN2O/c1-3-4-11-22-17-8-6-5-7-15(17)18(19(22)23)21-14-10-9-13(2)16(20)12-14/h5-10,12H,3-4,11H2,1-2H3. The fourth-order valence-electron chi connectivity index (χ4n) is 2.69. The molecule has 3 nitrogen and oxygen atoms in total. The van der Waals surface area contributed by atoms with Gasteiger partial charge in [0, 0.05) is 17.1 Å². The average Bonchev–Trinajstić information content (AvgIpc) is 2.81. The monoisotopic (exact) mass is 326 g/mol. The predicted octanol–water partition coefficient (Wildman–Crippen LogP) is 4.92. The number of rotatable bonds is 4. The molecule has 0 fully saturated rings. The highest BCUT2D eigenvalue weighted by Gasteiger charge is 2.33. The summed E-state index contributed by atoms with van der Waals surface area (Å²) in [5.41, 5.74) is 4.04. The number of anilines is 1. The second-order valence-corrected chi connectivity index (χ2v) is 6.13. The van der Waals surface area contributed by atoms with Gasteiger partial charge in [-0.1, -0.05) is 49.2 Å². The largest absolute Gasteiger partial charge is 0.306 e. The molecule has 1 aliphatic heterocycles. The van der Waals surface area contributed by atoms with E-state index in [1.54, 1.807) is 6.07 Å². The van der Waals surface area contributed by atoms with E-state index in [1.807, 2.05) is 48.2 Å². The Morgan fingerprint density at radius 3 is 2.70 bits per heavy atom. The van der Waals surface area contributed by atoms with Gasteiger partial charge in [0.1, 0.15) is 5.71 Å². The third-order valence-electron chi connectivity index (χ3n) is 4.03. The number of hydrogen-bond acceptors (Lipinski definition) is 2. The summed E-state index contributed by atoms with van der Waals surface area (Å²) in [6.07, 6.45) is 2.02. The van der Waals surface area contributed by atoms with Crippen LogP contribution in [0, 0.1) is 6.92 Å². The summed E-state index contributed by atoms with van der Waals surface area (Å²) < 4.78 is 0. The number of hydrogen-bond donors (Lipinski definition) is 0. The number of halogens is 1. The predicted molar refractivity (Wildman–Crippen MR) is 96.1 cm³/mol. The Morgan fingerprint density at radius 1 is 1.17 bits per heavy atom. The first kappa shape index (κ1) is 15.8. The van der Waals surface area contributed by atoms with Crippen molar-refractivity contribution in [3.63, 3.8) is 0 Å². The molecule has 1 aliphatic rings. The number of benzene rings is 2. The molecule has 2 aromatic carbocycles. The highest BCUT2D eigenvalue weighted by atomic mass is 35.5. The van der Waals surface area contributed by atoms with Gasteiger partial charge in [-0.3, -0.25) is 4.79 Å². The maximum absolute atomic E-state index is 12.8. The summed E-state index contributed by atoms with van der Waals surface area (Å²) in [5.74, 6) is -0.0312. The molecule has 1 heterocycles. The molecule has 118 valence electrons. The van der Waals surface area contributed by atoms with Crippen molar-refractivity contribution in [2.45, 2.75) is 26.7 Å². The molecule has 2 aromatic rings. The molecule has 23 heavy (non-hydrogen) atoms. The van der Waals surface area contributed by atoms with Crippen molar-refractivity contribution < 1.29 is 4.79 Å². The van der Waals surface area contributed by atoms with Crippen molar-refractivity contribution in [2.24, 2.45) is 4.99 Å². The lowest BCUT2D eigenvalue weighted by molar-refractivity contribution is -0.112. The maximum atomic E-state index is 12.8. The summed E-state index contributed by atoms with van der Waals surface area (Å²) in [4.78, 5) is 19.2. The van der Waals surface area contributed by atoms with Crippen molar-refractivity contribution in [2.75, 3.05) is 11.4 Å². The van der Waals surface area contributed by atoms with Crippen molar-refractivity contribution in [3.8, 4) is 0 Å². The molecule has 0 aromatic heterocycles. The minimum Gasteiger partial charge on any atom is -0.306 e. The van der Waals surface area contributed by atoms with Crippen LogP contribution in [0.1, 0.15) is 30.9 Å². The second-order valence-electron chi connectivity index (χ2n) is 5.72. The van der Waals surface area contributed by atoms with Gasteiger partial charge in [0.25, 0.3) is 5.91 Å². The van der Waals surface area contributed by atoms with Crippen LogP contribution < -0.4 is 4.90 Å². The van der Waals surface area contributed by atoms with Gasteiger partial charge in [0.15, 0.2) is 0 Å². The first-order valence-electron chi connectivity index (χ1n) is 7.88. The molecule has 3 rings (SSSR count). The van der Waals surface area contributed by atoms with E-state index < -0.39 is 0 Å². The summed E-state index contributed by atoms with van der Waals surface area (Å²) in [6, 6.07) is 13.4. The molecule has 0 saturated heterocycles. The smallest absolute Gasteiger partial charge is 0.277 e. The van der Waals surface area contributed by atoms with E-state index in [1.165, 1.54) is 0 Å². The first-order valence-corrected chi connectivity index (χ1v) is 8.25. The number of fused-ring (bicyclic) bond motifs is 1. The van der Waals surface area contributed by atoms with Gasteiger partial charge in [0.2, 0.25) is 0 Å². The Labute approximate surface area is 141 Å². The van der Waals surface area contributed by atoms with E-state index >= 15 is 0 Å². The number of nitrogens with zero attached hydrogens (tertiary/aromatic N) is 2. The molecule has 0 radical (unpaired) electrons. The normalized spacial score (nSPS) is 15.3. The van der Waals surface area contributed by atoms with Crippen LogP contribution >= 0.6 is 11.6 Å². The summed E-state index contributed by atoms with van der Waals surface area (Å²) >= 11 is 6.17. The molecular formula is C19H19ClN2O. The molecule has 0 atom stereocenters. The third kappa shape index (κ3) is 3.02. The number of aliphatic imine (C=N–C) groups is 1. The Bertz CT molecular complexity index is 783. The second kappa shape index (κ2) is 6.55. The van der Waals surface area contributed by atoms with Gasteiger partial charge in [-0.2, -0.15) is 0 Å². The molecule has 0 aliphatic carbocycles. The van der Waals surface area contributed by atoms with Crippen molar-refractivity contribution in [3.05, 3.63) is 58.6 Å². The fourth-order valence-corrected chi connectivity index (χ4v) is 2.86. The third-order valence-corrected chi connectivity index (χ3v) is 4.44. The zero-order valence-corrected chi connectivity index (χ0v) is 14.1. The molecule has 0 N–H and O–H groups in total. The Morgan fingerprint density at radius 2 is 1.96 bits per heavy atom. The lowest BCUT2D eigenvalue weighted by atomic mass is 10.1. The number of carbonyl (C=O) groups excluding carboxylic acids is 1. The first-order chi connectivity index (χ1) is 11.1. The fraction of sp³-hybridized carbons (Fsp3) is 0.263. The number of unbranched alkanes of at least 4 members (excludes halogenated alkanes) is 1. The topological polar surface area (TPSA) is 32.7 Å². The minimum atomic E-state index is -0.0312. The van der Waals surface area contributed by atoms with Crippen LogP contribution in [0.2, 0.25) is 5.02 Å². The van der Waals surface area contributed by atoms with Gasteiger partial charge >= 0.3 is 0 Å². The average molecular weight is 327 g/mol. The number of para-hydroxylation sites is 1. The summed E-state index contributed by atoms with van der Waals surface area (Å²) in [7, 11) is 0. The molecular weight excluding hydrogens is 308 g/mol. The highest BCUT2D eigenvalue weighted by molar-refractivity contribution is 6.54. The van der Waals surface area contributed by atoms with E-state index in [0.717, 1.165) is 36.2 Å². The minimum absolute atomic E-state index is 0.0312. The SMILES string of the molecule is CCCCN1C(=O)C(=Nc2ccc(C)c(Cl)c2)c2ccccc21. The van der Waals surface area contributed by atoms with E-state index in [-0.39, 0.29) is 5.91 Å². The van der Waals surface area contributed by atoms with E-state index in [2.05, 4.69) is 11.9 Å². The van der Waals surface area contributed by atoms with Gasteiger partial charge < -0.3 is 4.90 Å². The number of carbonyl (C=O) groups is 1. The molecule has 4 heteroatoms. The van der Waals surface area contributed by atoms with Gasteiger partial charge in [-0.05, 0) is 37.1 Å². The number of aryl methyl sites for hydroxylation is 1. The lowest BCUT2D eigenvalue weighted by Gasteiger charge is -2.15. The Hall–Kier alpha value is -2.13. The van der Waals surface area contributed by atoms with E-state index in [4.69, 9.17) is 11.6 Å². The molecule has 0 spiro atoms. The van der Waals surface area contributed by atoms with Crippen LogP contribution in [-0.2, 0) is 4.79 Å². The van der Waals surface area contributed by atoms with Crippen molar-refractivity contribution in [1.29, 1.82) is 0 Å². The highest BCUT2D eigenvalue weighted by Crippen LogP contribution is 2.31. The van der Waals surface area contributed by atoms with Crippen LogP contribution in [-0.4, -0.2) is 18.2 Å². The number of amides is 1. The van der Waals surface area contributed by atoms with Gasteiger partial charge in [-0.25, -0.2) is 4.99 Å². The molecule has 0 unspecified atom stereocenters. The van der Waals surface area contributed by atoms with Crippen LogP contribution in [0.5, 0.6) is 0 Å². The summed E-state index contributed by atoms with van der Waals surface area (Å²) in [6.45, 7) is 4.79. The van der Waals surface area contributed by atoms with E-state index in [9.17, 15) is 4.79 Å². The van der Waals surface area contributed by atoms with Crippen molar-refractivity contribution >= 4 is 34.6 Å². The van der Waals surface area contributed by atoms with Crippen LogP contribution in [0.25, 0.3) is 0 Å². The Kier molecular flexibility index (Phi) is 4.49. The zero-order valence-electron chi connectivity index (χ0n) is 13.3.